The fraction of sp³-hybridized carbons (Fsp3) is 0.500. The first-order chi connectivity index (χ1) is 6.58. The van der Waals surface area contributed by atoms with E-state index in [0.717, 1.165) is 11.5 Å². The Morgan fingerprint density at radius 2 is 1.79 bits per heavy atom. The van der Waals surface area contributed by atoms with Gasteiger partial charge in [-0.05, 0) is 26.3 Å². The van der Waals surface area contributed by atoms with Gasteiger partial charge >= 0.3 is 0 Å². The van der Waals surface area contributed by atoms with E-state index in [4.69, 9.17) is 5.73 Å². The fourth-order valence-electron chi connectivity index (χ4n) is 1.51. The van der Waals surface area contributed by atoms with E-state index in [2.05, 4.69) is 39.0 Å². The van der Waals surface area contributed by atoms with Crippen molar-refractivity contribution < 1.29 is 0 Å². The molecule has 0 saturated heterocycles. The number of aryl methyl sites for hydroxylation is 2. The molecular formula is C12H19NS. The number of benzene rings is 1. The van der Waals surface area contributed by atoms with E-state index in [1.165, 1.54) is 16.7 Å². The first-order valence-electron chi connectivity index (χ1n) is 4.98. The summed E-state index contributed by atoms with van der Waals surface area (Å²) in [4.78, 5) is 0. The van der Waals surface area contributed by atoms with Crippen molar-refractivity contribution in [3.05, 3.63) is 34.9 Å². The van der Waals surface area contributed by atoms with Crippen molar-refractivity contribution in [3.63, 3.8) is 0 Å². The fourth-order valence-corrected chi connectivity index (χ4v) is 2.41. The van der Waals surface area contributed by atoms with Crippen molar-refractivity contribution in [1.82, 2.24) is 0 Å². The predicted octanol–water partition coefficient (Wildman–Crippen LogP) is 2.88. The molecule has 1 aromatic carbocycles. The summed E-state index contributed by atoms with van der Waals surface area (Å²) in [5.41, 5.74) is 9.80. The molecule has 0 aromatic heterocycles. The van der Waals surface area contributed by atoms with Gasteiger partial charge in [0.25, 0.3) is 0 Å². The highest BCUT2D eigenvalue weighted by atomic mass is 32.2. The molecular weight excluding hydrogens is 190 g/mol. The zero-order valence-corrected chi connectivity index (χ0v) is 10.0. The van der Waals surface area contributed by atoms with Crippen LogP contribution in [0.4, 0.5) is 0 Å². The second kappa shape index (κ2) is 5.42. The second-order valence-electron chi connectivity index (χ2n) is 3.99. The van der Waals surface area contributed by atoms with E-state index in [1.54, 1.807) is 0 Å². The molecule has 0 spiro atoms. The van der Waals surface area contributed by atoms with Crippen LogP contribution in [-0.2, 0) is 5.75 Å². The Morgan fingerprint density at radius 1 is 1.21 bits per heavy atom. The third-order valence-electron chi connectivity index (χ3n) is 1.93. The Kier molecular flexibility index (Phi) is 4.49. The Hall–Kier alpha value is -0.470. The molecule has 0 bridgehead atoms. The van der Waals surface area contributed by atoms with Crippen LogP contribution in [0.5, 0.6) is 0 Å². The molecule has 0 heterocycles. The van der Waals surface area contributed by atoms with Gasteiger partial charge in [0, 0.05) is 17.5 Å². The molecule has 2 heteroatoms. The van der Waals surface area contributed by atoms with E-state index < -0.39 is 0 Å². The Morgan fingerprint density at radius 3 is 2.29 bits per heavy atom. The van der Waals surface area contributed by atoms with Crippen molar-refractivity contribution in [2.45, 2.75) is 32.6 Å². The van der Waals surface area contributed by atoms with E-state index in [9.17, 15) is 0 Å². The Bertz CT molecular complexity index is 274. The van der Waals surface area contributed by atoms with Crippen molar-refractivity contribution in [2.75, 3.05) is 5.75 Å². The standard InChI is InChI=1S/C12H19NS/c1-9-4-10(2)6-12(5-9)8-14-7-11(3)13/h4-6,11H,7-8,13H2,1-3H3/t11-/m0/s1. The average Bonchev–Trinajstić information content (AvgIpc) is 2.01. The van der Waals surface area contributed by atoms with E-state index in [-0.39, 0.29) is 0 Å². The van der Waals surface area contributed by atoms with Gasteiger partial charge in [-0.1, -0.05) is 29.3 Å². The predicted molar refractivity (Wildman–Crippen MR) is 65.7 cm³/mol. The van der Waals surface area contributed by atoms with Crippen molar-refractivity contribution >= 4 is 11.8 Å². The van der Waals surface area contributed by atoms with Crippen LogP contribution in [-0.4, -0.2) is 11.8 Å². The summed E-state index contributed by atoms with van der Waals surface area (Å²) in [5, 5.41) is 0. The lowest BCUT2D eigenvalue weighted by Gasteiger charge is -2.06. The smallest absolute Gasteiger partial charge is 0.0185 e. The van der Waals surface area contributed by atoms with Crippen LogP contribution in [0.15, 0.2) is 18.2 Å². The normalized spacial score (nSPS) is 12.9. The highest BCUT2D eigenvalue weighted by Crippen LogP contribution is 2.16. The molecule has 2 N–H and O–H groups in total. The number of rotatable bonds is 4. The van der Waals surface area contributed by atoms with Gasteiger partial charge in [-0.3, -0.25) is 0 Å². The molecule has 0 saturated carbocycles. The summed E-state index contributed by atoms with van der Waals surface area (Å²) in [6.45, 7) is 6.34. The largest absolute Gasteiger partial charge is 0.327 e. The molecule has 78 valence electrons. The summed E-state index contributed by atoms with van der Waals surface area (Å²) in [5.74, 6) is 2.11. The lowest BCUT2D eigenvalue weighted by Crippen LogP contribution is -2.17. The number of hydrogen-bond acceptors (Lipinski definition) is 2. The molecule has 0 fully saturated rings. The van der Waals surface area contributed by atoms with E-state index in [0.29, 0.717) is 6.04 Å². The van der Waals surface area contributed by atoms with Crippen molar-refractivity contribution in [3.8, 4) is 0 Å². The minimum atomic E-state index is 0.297. The van der Waals surface area contributed by atoms with Gasteiger partial charge < -0.3 is 5.73 Å². The van der Waals surface area contributed by atoms with Crippen LogP contribution >= 0.6 is 11.8 Å². The first-order valence-corrected chi connectivity index (χ1v) is 6.14. The van der Waals surface area contributed by atoms with Gasteiger partial charge in [-0.15, -0.1) is 0 Å². The third-order valence-corrected chi connectivity index (χ3v) is 3.23. The van der Waals surface area contributed by atoms with Crippen LogP contribution < -0.4 is 5.73 Å². The van der Waals surface area contributed by atoms with Gasteiger partial charge in [0.15, 0.2) is 0 Å². The number of nitrogens with two attached hydrogens (primary N) is 1. The van der Waals surface area contributed by atoms with E-state index >= 15 is 0 Å². The lowest BCUT2D eigenvalue weighted by atomic mass is 10.1. The second-order valence-corrected chi connectivity index (χ2v) is 5.02. The first kappa shape index (κ1) is 11.6. The molecule has 1 rings (SSSR count). The van der Waals surface area contributed by atoms with Crippen LogP contribution in [0.3, 0.4) is 0 Å². The van der Waals surface area contributed by atoms with Gasteiger partial charge in [0.1, 0.15) is 0 Å². The summed E-state index contributed by atoms with van der Waals surface area (Å²) in [6.07, 6.45) is 0. The number of hydrogen-bond donors (Lipinski definition) is 1. The summed E-state index contributed by atoms with van der Waals surface area (Å²) in [6, 6.07) is 7.01. The molecule has 0 aliphatic heterocycles. The molecule has 1 atom stereocenters. The van der Waals surface area contributed by atoms with Gasteiger partial charge in [-0.2, -0.15) is 11.8 Å². The quantitative estimate of drug-likeness (QED) is 0.825. The van der Waals surface area contributed by atoms with Gasteiger partial charge in [0.2, 0.25) is 0 Å². The summed E-state index contributed by atoms with van der Waals surface area (Å²) in [7, 11) is 0. The van der Waals surface area contributed by atoms with Crippen LogP contribution in [0.25, 0.3) is 0 Å². The minimum Gasteiger partial charge on any atom is -0.327 e. The molecule has 0 aliphatic rings. The zero-order chi connectivity index (χ0) is 10.6. The molecule has 0 amide bonds. The number of thioether (sulfide) groups is 1. The molecule has 14 heavy (non-hydrogen) atoms. The Labute approximate surface area is 91.1 Å². The molecule has 1 nitrogen and oxygen atoms in total. The van der Waals surface area contributed by atoms with Crippen LogP contribution in [0.1, 0.15) is 23.6 Å². The summed E-state index contributed by atoms with van der Waals surface area (Å²) >= 11 is 1.91. The zero-order valence-electron chi connectivity index (χ0n) is 9.21. The summed E-state index contributed by atoms with van der Waals surface area (Å²) < 4.78 is 0. The Balaban J connectivity index is 2.50. The molecule has 0 aliphatic carbocycles. The van der Waals surface area contributed by atoms with Crippen LogP contribution in [0.2, 0.25) is 0 Å². The lowest BCUT2D eigenvalue weighted by molar-refractivity contribution is 0.847. The SMILES string of the molecule is Cc1cc(C)cc(CSC[C@H](C)N)c1. The van der Waals surface area contributed by atoms with Crippen LogP contribution in [0, 0.1) is 13.8 Å². The highest BCUT2D eigenvalue weighted by Gasteiger charge is 1.98. The maximum atomic E-state index is 5.70. The maximum absolute atomic E-state index is 5.70. The molecule has 1 aromatic rings. The van der Waals surface area contributed by atoms with E-state index in [1.807, 2.05) is 11.8 Å². The van der Waals surface area contributed by atoms with Gasteiger partial charge in [-0.25, -0.2) is 0 Å². The monoisotopic (exact) mass is 209 g/mol. The highest BCUT2D eigenvalue weighted by molar-refractivity contribution is 7.98. The topological polar surface area (TPSA) is 26.0 Å². The van der Waals surface area contributed by atoms with Crippen molar-refractivity contribution in [1.29, 1.82) is 0 Å². The van der Waals surface area contributed by atoms with Gasteiger partial charge in [0.05, 0.1) is 0 Å². The molecule has 0 unspecified atom stereocenters. The maximum Gasteiger partial charge on any atom is 0.0185 e. The third kappa shape index (κ3) is 4.16. The average molecular weight is 209 g/mol. The minimum absolute atomic E-state index is 0.297. The molecule has 0 radical (unpaired) electrons. The van der Waals surface area contributed by atoms with Crippen molar-refractivity contribution in [2.24, 2.45) is 5.73 Å².